The summed E-state index contributed by atoms with van der Waals surface area (Å²) in [5.41, 5.74) is 0.369. The number of aryl methyl sites for hydroxylation is 1. The van der Waals surface area contributed by atoms with Crippen LogP contribution in [0.4, 0.5) is 11.8 Å². The molecule has 0 unspecified atom stereocenters. The molecule has 168 valence electrons. The monoisotopic (exact) mass is 440 g/mol. The summed E-state index contributed by atoms with van der Waals surface area (Å²) in [5.74, 6) is 0.945. The fourth-order valence-electron chi connectivity index (χ4n) is 3.66. The summed E-state index contributed by atoms with van der Waals surface area (Å²) in [6.45, 7) is 8.96. The minimum Gasteiger partial charge on any atom is -0.388 e. The smallest absolute Gasteiger partial charge is 0.279 e. The third kappa shape index (κ3) is 4.66. The van der Waals surface area contributed by atoms with Crippen LogP contribution in [0.1, 0.15) is 40.5 Å². The predicted octanol–water partition coefficient (Wildman–Crippen LogP) is 0.758. The van der Waals surface area contributed by atoms with Gasteiger partial charge in [0.1, 0.15) is 0 Å². The normalized spacial score (nSPS) is 19.3. The van der Waals surface area contributed by atoms with Crippen molar-refractivity contribution in [3.63, 3.8) is 0 Å². The Morgan fingerprint density at radius 1 is 1.33 bits per heavy atom. The molecule has 12 heteroatoms. The molecule has 0 aromatic carbocycles. The second-order valence-corrected chi connectivity index (χ2v) is 9.93. The van der Waals surface area contributed by atoms with Crippen LogP contribution in [0, 0.1) is 0 Å². The Morgan fingerprint density at radius 3 is 2.67 bits per heavy atom. The van der Waals surface area contributed by atoms with E-state index in [0.717, 1.165) is 0 Å². The van der Waals surface area contributed by atoms with Crippen LogP contribution < -0.4 is 15.4 Å². The van der Waals surface area contributed by atoms with Crippen molar-refractivity contribution in [1.29, 1.82) is 0 Å². The summed E-state index contributed by atoms with van der Waals surface area (Å²) in [4.78, 5) is 13.7. The molecule has 1 saturated heterocycles. The maximum atomic E-state index is 12.1. The van der Waals surface area contributed by atoms with E-state index in [1.807, 2.05) is 18.4 Å². The zero-order valence-electron chi connectivity index (χ0n) is 18.2. The SMILES string of the molecule is CC[C@H](Nc1nc(N[C@H]2CCN(S(=O)(=O)NC)C2)c2ncn(CC)c2n1)C(C)(C)O. The van der Waals surface area contributed by atoms with Crippen molar-refractivity contribution in [3.05, 3.63) is 6.33 Å². The van der Waals surface area contributed by atoms with Gasteiger partial charge in [0, 0.05) is 32.7 Å². The van der Waals surface area contributed by atoms with Gasteiger partial charge in [-0.25, -0.2) is 9.71 Å². The third-order valence-electron chi connectivity index (χ3n) is 5.46. The Hall–Kier alpha value is -2.02. The van der Waals surface area contributed by atoms with Crippen molar-refractivity contribution >= 4 is 33.1 Å². The highest BCUT2D eigenvalue weighted by molar-refractivity contribution is 7.87. The first-order chi connectivity index (χ1) is 14.1. The fraction of sp³-hybridized carbons (Fsp3) is 0.722. The van der Waals surface area contributed by atoms with Crippen molar-refractivity contribution in [3.8, 4) is 0 Å². The first kappa shape index (κ1) is 22.7. The Balaban J connectivity index is 1.91. The van der Waals surface area contributed by atoms with Crippen LogP contribution in [0.3, 0.4) is 0 Å². The lowest BCUT2D eigenvalue weighted by molar-refractivity contribution is 0.0577. The number of fused-ring (bicyclic) bond motifs is 1. The first-order valence-corrected chi connectivity index (χ1v) is 11.7. The molecule has 30 heavy (non-hydrogen) atoms. The maximum absolute atomic E-state index is 12.1. The molecular formula is C18H32N8O3S. The Labute approximate surface area is 177 Å². The molecule has 2 aromatic rings. The lowest BCUT2D eigenvalue weighted by Crippen LogP contribution is -2.41. The number of rotatable bonds is 9. The van der Waals surface area contributed by atoms with Crippen LogP contribution in [0.25, 0.3) is 11.2 Å². The van der Waals surface area contributed by atoms with Crippen LogP contribution in [-0.4, -0.2) is 75.2 Å². The number of imidazole rings is 1. The van der Waals surface area contributed by atoms with Crippen LogP contribution in [0.2, 0.25) is 0 Å². The van der Waals surface area contributed by atoms with Crippen LogP contribution in [0.15, 0.2) is 6.33 Å². The highest BCUT2D eigenvalue weighted by atomic mass is 32.2. The molecule has 0 saturated carbocycles. The predicted molar refractivity (Wildman–Crippen MR) is 117 cm³/mol. The van der Waals surface area contributed by atoms with E-state index in [4.69, 9.17) is 0 Å². The summed E-state index contributed by atoms with van der Waals surface area (Å²) in [5, 5.41) is 17.0. The quantitative estimate of drug-likeness (QED) is 0.448. The first-order valence-electron chi connectivity index (χ1n) is 10.3. The van der Waals surface area contributed by atoms with Gasteiger partial charge < -0.3 is 20.3 Å². The van der Waals surface area contributed by atoms with E-state index >= 15 is 0 Å². The second-order valence-electron chi connectivity index (χ2n) is 8.05. The van der Waals surface area contributed by atoms with E-state index < -0.39 is 15.8 Å². The Bertz CT molecular complexity index is 985. The number of anilines is 2. The molecule has 3 heterocycles. The molecule has 4 N–H and O–H groups in total. The van der Waals surface area contributed by atoms with Gasteiger partial charge in [0.05, 0.1) is 18.0 Å². The van der Waals surface area contributed by atoms with Gasteiger partial charge in [0.2, 0.25) is 5.95 Å². The highest BCUT2D eigenvalue weighted by Gasteiger charge is 2.31. The van der Waals surface area contributed by atoms with Crippen molar-refractivity contribution < 1.29 is 13.5 Å². The standard InChI is InChI=1S/C18H32N8O3S/c1-6-13(18(3,4)27)22-17-23-15(14-16(24-17)25(7-2)11-20-14)21-12-8-9-26(10-12)30(28,29)19-5/h11-13,19,27H,6-10H2,1-5H3,(H2,21,22,23,24)/t12-,13-/m0/s1. The van der Waals surface area contributed by atoms with E-state index in [-0.39, 0.29) is 12.1 Å². The van der Waals surface area contributed by atoms with Gasteiger partial charge in [-0.2, -0.15) is 22.7 Å². The molecule has 2 aromatic heterocycles. The Morgan fingerprint density at radius 2 is 2.07 bits per heavy atom. The van der Waals surface area contributed by atoms with E-state index in [1.165, 1.54) is 11.4 Å². The van der Waals surface area contributed by atoms with Crippen LogP contribution in [-0.2, 0) is 16.8 Å². The molecule has 0 spiro atoms. The van der Waals surface area contributed by atoms with Gasteiger partial charge in [-0.1, -0.05) is 6.92 Å². The van der Waals surface area contributed by atoms with Gasteiger partial charge in [-0.15, -0.1) is 0 Å². The van der Waals surface area contributed by atoms with Crippen molar-refractivity contribution in [2.45, 2.75) is 64.8 Å². The topological polar surface area (TPSA) is 137 Å². The van der Waals surface area contributed by atoms with E-state index in [0.29, 0.717) is 55.4 Å². The van der Waals surface area contributed by atoms with E-state index in [2.05, 4.69) is 30.3 Å². The summed E-state index contributed by atoms with van der Waals surface area (Å²) >= 11 is 0. The largest absolute Gasteiger partial charge is 0.388 e. The summed E-state index contributed by atoms with van der Waals surface area (Å²) in [7, 11) is -2.05. The molecule has 0 amide bonds. The highest BCUT2D eigenvalue weighted by Crippen LogP contribution is 2.25. The third-order valence-corrected chi connectivity index (χ3v) is 6.99. The number of hydrogen-bond acceptors (Lipinski definition) is 8. The second kappa shape index (κ2) is 8.61. The molecule has 0 aliphatic carbocycles. The summed E-state index contributed by atoms with van der Waals surface area (Å²) in [6.07, 6.45) is 3.07. The van der Waals surface area contributed by atoms with Crippen LogP contribution in [0.5, 0.6) is 0 Å². The van der Waals surface area contributed by atoms with Gasteiger partial charge in [-0.05, 0) is 33.6 Å². The van der Waals surface area contributed by atoms with E-state index in [9.17, 15) is 13.5 Å². The molecule has 0 bridgehead atoms. The van der Waals surface area contributed by atoms with Crippen LogP contribution >= 0.6 is 0 Å². The average molecular weight is 441 g/mol. The van der Waals surface area contributed by atoms with Gasteiger partial charge >= 0.3 is 0 Å². The molecule has 1 aliphatic rings. The zero-order chi connectivity index (χ0) is 22.1. The minimum atomic E-state index is -3.46. The molecule has 11 nitrogen and oxygen atoms in total. The molecule has 1 fully saturated rings. The average Bonchev–Trinajstić information content (AvgIpc) is 3.32. The van der Waals surface area contributed by atoms with Crippen molar-refractivity contribution in [1.82, 2.24) is 28.5 Å². The van der Waals surface area contributed by atoms with E-state index in [1.54, 1.807) is 20.2 Å². The fourth-order valence-corrected chi connectivity index (χ4v) is 4.64. The number of nitrogens with one attached hydrogen (secondary N) is 3. The lowest BCUT2D eigenvalue weighted by Gasteiger charge is -2.29. The molecule has 0 radical (unpaired) electrons. The molecule has 2 atom stereocenters. The molecule has 3 rings (SSSR count). The van der Waals surface area contributed by atoms with Gasteiger partial charge in [0.15, 0.2) is 17.0 Å². The zero-order valence-corrected chi connectivity index (χ0v) is 19.0. The molecule has 1 aliphatic heterocycles. The summed E-state index contributed by atoms with van der Waals surface area (Å²) < 4.78 is 29.8. The minimum absolute atomic E-state index is 0.0953. The maximum Gasteiger partial charge on any atom is 0.279 e. The number of hydrogen-bond donors (Lipinski definition) is 4. The summed E-state index contributed by atoms with van der Waals surface area (Å²) in [6, 6.07) is -0.328. The Kier molecular flexibility index (Phi) is 6.51. The molecular weight excluding hydrogens is 408 g/mol. The number of nitrogens with zero attached hydrogens (tertiary/aromatic N) is 5. The lowest BCUT2D eigenvalue weighted by atomic mass is 9.97. The van der Waals surface area contributed by atoms with Crippen molar-refractivity contribution in [2.75, 3.05) is 30.8 Å². The van der Waals surface area contributed by atoms with Crippen molar-refractivity contribution in [2.24, 2.45) is 0 Å². The number of aromatic nitrogens is 4. The number of aliphatic hydroxyl groups is 1. The van der Waals surface area contributed by atoms with Gasteiger partial charge in [-0.3, -0.25) is 0 Å². The van der Waals surface area contributed by atoms with Gasteiger partial charge in [0.25, 0.3) is 10.2 Å².